The van der Waals surface area contributed by atoms with E-state index in [0.29, 0.717) is 26.4 Å². The summed E-state index contributed by atoms with van der Waals surface area (Å²) in [6, 6.07) is 19.0. The highest BCUT2D eigenvalue weighted by molar-refractivity contribution is 8.04. The first-order valence-electron chi connectivity index (χ1n) is 9.19. The number of nitrogens with zero attached hydrogens (tertiary/aromatic N) is 1. The van der Waals surface area contributed by atoms with Crippen molar-refractivity contribution in [2.24, 2.45) is 0 Å². The van der Waals surface area contributed by atoms with Crippen LogP contribution in [0.3, 0.4) is 0 Å². The SMILES string of the molecule is Cc1ccc(NC2=C(Sc3ccc(Cl)cc3)C(=O)N(c3cccc(Cl)c3)C2=O)cc1Cl. The lowest BCUT2D eigenvalue weighted by Gasteiger charge is -2.15. The second-order valence-corrected chi connectivity index (χ2v) is 9.14. The van der Waals surface area contributed by atoms with Crippen LogP contribution in [0.5, 0.6) is 0 Å². The zero-order valence-corrected chi connectivity index (χ0v) is 19.2. The number of nitrogens with one attached hydrogen (secondary N) is 1. The molecule has 2 amide bonds. The standard InChI is InChI=1S/C23H15Cl3N2O2S/c1-13-5-8-16(12-19(13)26)27-20-21(31-18-9-6-14(24)7-10-18)23(30)28(22(20)29)17-4-2-3-15(25)11-17/h2-12,27H,1H3. The van der Waals surface area contributed by atoms with E-state index in [1.165, 1.54) is 11.8 Å². The van der Waals surface area contributed by atoms with E-state index in [1.54, 1.807) is 60.7 Å². The topological polar surface area (TPSA) is 49.4 Å². The average Bonchev–Trinajstić information content (AvgIpc) is 2.96. The van der Waals surface area contributed by atoms with E-state index in [1.807, 2.05) is 13.0 Å². The maximum Gasteiger partial charge on any atom is 0.283 e. The van der Waals surface area contributed by atoms with Gasteiger partial charge in [-0.15, -0.1) is 0 Å². The third-order valence-electron chi connectivity index (χ3n) is 4.58. The summed E-state index contributed by atoms with van der Waals surface area (Å²) in [5.74, 6) is -0.909. The van der Waals surface area contributed by atoms with Gasteiger partial charge in [-0.1, -0.05) is 58.7 Å². The number of carbonyl (C=O) groups is 2. The summed E-state index contributed by atoms with van der Waals surface area (Å²) in [7, 11) is 0. The molecule has 3 aromatic rings. The van der Waals surface area contributed by atoms with Crippen LogP contribution in [0, 0.1) is 6.92 Å². The van der Waals surface area contributed by atoms with E-state index in [2.05, 4.69) is 5.32 Å². The molecule has 0 bridgehead atoms. The Morgan fingerprint density at radius 1 is 0.839 bits per heavy atom. The van der Waals surface area contributed by atoms with E-state index in [9.17, 15) is 9.59 Å². The van der Waals surface area contributed by atoms with Crippen molar-refractivity contribution < 1.29 is 9.59 Å². The van der Waals surface area contributed by atoms with E-state index in [4.69, 9.17) is 34.8 Å². The van der Waals surface area contributed by atoms with Crippen LogP contribution in [0.15, 0.2) is 82.2 Å². The maximum absolute atomic E-state index is 13.3. The van der Waals surface area contributed by atoms with E-state index in [-0.39, 0.29) is 10.6 Å². The van der Waals surface area contributed by atoms with Crippen LogP contribution in [0.2, 0.25) is 15.1 Å². The summed E-state index contributed by atoms with van der Waals surface area (Å²) < 4.78 is 0. The normalized spacial score (nSPS) is 13.9. The fourth-order valence-electron chi connectivity index (χ4n) is 3.00. The van der Waals surface area contributed by atoms with Crippen LogP contribution in [-0.4, -0.2) is 11.8 Å². The number of hydrogen-bond acceptors (Lipinski definition) is 4. The number of hydrogen-bond donors (Lipinski definition) is 1. The molecule has 4 rings (SSSR count). The summed E-state index contributed by atoms with van der Waals surface area (Å²) in [5, 5.41) is 4.66. The lowest BCUT2D eigenvalue weighted by molar-refractivity contribution is -0.120. The third-order valence-corrected chi connectivity index (χ3v) is 6.57. The van der Waals surface area contributed by atoms with Crippen LogP contribution in [-0.2, 0) is 9.59 Å². The molecule has 1 aliphatic rings. The number of halogens is 3. The summed E-state index contributed by atoms with van der Waals surface area (Å²) in [6.07, 6.45) is 0. The highest BCUT2D eigenvalue weighted by Crippen LogP contribution is 2.38. The Balaban J connectivity index is 1.75. The smallest absolute Gasteiger partial charge is 0.283 e. The molecular weight excluding hydrogens is 475 g/mol. The Labute approximate surface area is 198 Å². The molecule has 1 heterocycles. The Kier molecular flexibility index (Phi) is 6.30. The minimum absolute atomic E-state index is 0.171. The van der Waals surface area contributed by atoms with Crippen molar-refractivity contribution in [2.45, 2.75) is 11.8 Å². The molecule has 0 saturated carbocycles. The lowest BCUT2D eigenvalue weighted by atomic mass is 10.2. The minimum atomic E-state index is -0.472. The number of imide groups is 1. The molecule has 0 radical (unpaired) electrons. The Bertz CT molecular complexity index is 1230. The molecular formula is C23H15Cl3N2O2S. The number of anilines is 2. The largest absolute Gasteiger partial charge is 0.350 e. The second-order valence-electron chi connectivity index (χ2n) is 6.77. The molecule has 156 valence electrons. The molecule has 4 nitrogen and oxygen atoms in total. The van der Waals surface area contributed by atoms with Gasteiger partial charge in [-0.2, -0.15) is 0 Å². The van der Waals surface area contributed by atoms with Crippen molar-refractivity contribution in [1.82, 2.24) is 0 Å². The molecule has 31 heavy (non-hydrogen) atoms. The minimum Gasteiger partial charge on any atom is -0.350 e. The van der Waals surface area contributed by atoms with E-state index >= 15 is 0 Å². The van der Waals surface area contributed by atoms with Gasteiger partial charge < -0.3 is 5.32 Å². The number of benzene rings is 3. The molecule has 0 fully saturated rings. The molecule has 0 atom stereocenters. The number of thioether (sulfide) groups is 1. The van der Waals surface area contributed by atoms with Crippen LogP contribution in [0.25, 0.3) is 0 Å². The van der Waals surface area contributed by atoms with Gasteiger partial charge in [-0.3, -0.25) is 9.59 Å². The van der Waals surface area contributed by atoms with Crippen molar-refractivity contribution in [2.75, 3.05) is 10.2 Å². The Morgan fingerprint density at radius 3 is 2.26 bits per heavy atom. The molecule has 1 aliphatic heterocycles. The number of amides is 2. The third kappa shape index (κ3) is 4.60. The fraction of sp³-hybridized carbons (Fsp3) is 0.0435. The van der Waals surface area contributed by atoms with Crippen LogP contribution in [0.4, 0.5) is 11.4 Å². The molecule has 0 aliphatic carbocycles. The zero-order valence-electron chi connectivity index (χ0n) is 16.2. The number of aryl methyl sites for hydroxylation is 1. The van der Waals surface area contributed by atoms with Gasteiger partial charge in [0.1, 0.15) is 10.6 Å². The highest BCUT2D eigenvalue weighted by Gasteiger charge is 2.40. The van der Waals surface area contributed by atoms with Crippen molar-refractivity contribution in [1.29, 1.82) is 0 Å². The average molecular weight is 490 g/mol. The molecule has 1 N–H and O–H groups in total. The summed E-state index contributed by atoms with van der Waals surface area (Å²) in [5.41, 5.74) is 2.08. The van der Waals surface area contributed by atoms with E-state index < -0.39 is 11.8 Å². The Morgan fingerprint density at radius 2 is 1.58 bits per heavy atom. The number of rotatable bonds is 5. The number of carbonyl (C=O) groups excluding carboxylic acids is 2. The molecule has 0 unspecified atom stereocenters. The predicted molar refractivity (Wildman–Crippen MR) is 128 cm³/mol. The van der Waals surface area contributed by atoms with Crippen LogP contribution < -0.4 is 10.2 Å². The highest BCUT2D eigenvalue weighted by atomic mass is 35.5. The second kappa shape index (κ2) is 8.97. The molecule has 0 spiro atoms. The molecule has 0 saturated heterocycles. The maximum atomic E-state index is 13.3. The first-order chi connectivity index (χ1) is 14.8. The molecule has 8 heteroatoms. The lowest BCUT2D eigenvalue weighted by Crippen LogP contribution is -2.32. The summed E-state index contributed by atoms with van der Waals surface area (Å²) >= 11 is 19.5. The Hall–Kier alpha value is -2.44. The van der Waals surface area contributed by atoms with Gasteiger partial charge in [0, 0.05) is 25.7 Å². The van der Waals surface area contributed by atoms with Gasteiger partial charge in [-0.25, -0.2) is 4.90 Å². The first-order valence-corrected chi connectivity index (χ1v) is 11.1. The van der Waals surface area contributed by atoms with Gasteiger partial charge in [0.2, 0.25) is 0 Å². The first kappa shape index (κ1) is 21.8. The van der Waals surface area contributed by atoms with Crippen LogP contribution >= 0.6 is 46.6 Å². The van der Waals surface area contributed by atoms with E-state index in [0.717, 1.165) is 15.4 Å². The van der Waals surface area contributed by atoms with Gasteiger partial charge in [0.25, 0.3) is 11.8 Å². The summed E-state index contributed by atoms with van der Waals surface area (Å²) in [4.78, 5) is 28.8. The molecule has 3 aromatic carbocycles. The van der Waals surface area contributed by atoms with Crippen molar-refractivity contribution in [3.05, 3.63) is 98.0 Å². The monoisotopic (exact) mass is 488 g/mol. The van der Waals surface area contributed by atoms with Gasteiger partial charge in [0.15, 0.2) is 0 Å². The van der Waals surface area contributed by atoms with Gasteiger partial charge in [0.05, 0.1) is 5.69 Å². The zero-order chi connectivity index (χ0) is 22.1. The summed E-state index contributed by atoms with van der Waals surface area (Å²) in [6.45, 7) is 1.89. The van der Waals surface area contributed by atoms with Crippen LogP contribution in [0.1, 0.15) is 5.56 Å². The predicted octanol–water partition coefficient (Wildman–Crippen LogP) is 6.94. The molecule has 0 aromatic heterocycles. The van der Waals surface area contributed by atoms with Crippen molar-refractivity contribution >= 4 is 69.8 Å². The van der Waals surface area contributed by atoms with Crippen molar-refractivity contribution in [3.8, 4) is 0 Å². The van der Waals surface area contributed by atoms with Crippen molar-refractivity contribution in [3.63, 3.8) is 0 Å². The quantitative estimate of drug-likeness (QED) is 0.394. The fourth-order valence-corrected chi connectivity index (χ4v) is 4.42. The van der Waals surface area contributed by atoms with Gasteiger partial charge in [-0.05, 0) is 67.1 Å². The van der Waals surface area contributed by atoms with Gasteiger partial charge >= 0.3 is 0 Å².